The number of hydrogen-bond acceptors (Lipinski definition) is 4. The first kappa shape index (κ1) is 13.9. The van der Waals surface area contributed by atoms with Gasteiger partial charge in [0.1, 0.15) is 5.82 Å². The number of aryl methyl sites for hydroxylation is 4. The molecule has 21 heavy (non-hydrogen) atoms. The van der Waals surface area contributed by atoms with Gasteiger partial charge in [-0.3, -0.25) is 0 Å². The van der Waals surface area contributed by atoms with Crippen LogP contribution in [0.25, 0.3) is 0 Å². The topological polar surface area (TPSA) is 49.8 Å². The van der Waals surface area contributed by atoms with Crippen molar-refractivity contribution >= 4 is 17.5 Å². The highest BCUT2D eigenvalue weighted by atomic mass is 15.2. The number of benzene rings is 1. The highest BCUT2D eigenvalue weighted by molar-refractivity contribution is 5.66. The van der Waals surface area contributed by atoms with Crippen LogP contribution in [0.15, 0.2) is 18.2 Å². The van der Waals surface area contributed by atoms with E-state index in [1.807, 2.05) is 13.0 Å². The lowest BCUT2D eigenvalue weighted by Gasteiger charge is -2.14. The molecule has 110 valence electrons. The van der Waals surface area contributed by atoms with Crippen molar-refractivity contribution in [1.29, 1.82) is 0 Å². The SMILES string of the molecule is Cc1cc(C)c(Nc2cc(C)nc(NC3CC3)n2)c(C)c1. The van der Waals surface area contributed by atoms with Crippen molar-refractivity contribution in [1.82, 2.24) is 9.97 Å². The van der Waals surface area contributed by atoms with Crippen molar-refractivity contribution in [3.63, 3.8) is 0 Å². The fourth-order valence-corrected chi connectivity index (χ4v) is 2.61. The van der Waals surface area contributed by atoms with Crippen LogP contribution in [-0.4, -0.2) is 16.0 Å². The molecule has 0 spiro atoms. The minimum absolute atomic E-state index is 0.558. The Morgan fingerprint density at radius 3 is 2.24 bits per heavy atom. The smallest absolute Gasteiger partial charge is 0.225 e. The van der Waals surface area contributed by atoms with Gasteiger partial charge >= 0.3 is 0 Å². The van der Waals surface area contributed by atoms with Crippen LogP contribution >= 0.6 is 0 Å². The van der Waals surface area contributed by atoms with Gasteiger partial charge in [-0.05, 0) is 51.7 Å². The van der Waals surface area contributed by atoms with E-state index in [0.717, 1.165) is 23.1 Å². The van der Waals surface area contributed by atoms with Gasteiger partial charge in [0, 0.05) is 23.5 Å². The quantitative estimate of drug-likeness (QED) is 0.889. The highest BCUT2D eigenvalue weighted by Gasteiger charge is 2.22. The van der Waals surface area contributed by atoms with Crippen LogP contribution < -0.4 is 10.6 Å². The standard InChI is InChI=1S/C17H22N4/c1-10-7-11(2)16(12(3)8-10)20-15-9-13(4)18-17(21-15)19-14-5-6-14/h7-9,14H,5-6H2,1-4H3,(H2,18,19,20,21). The monoisotopic (exact) mass is 282 g/mol. The minimum Gasteiger partial charge on any atom is -0.351 e. The summed E-state index contributed by atoms with van der Waals surface area (Å²) in [6.45, 7) is 8.37. The zero-order valence-corrected chi connectivity index (χ0v) is 13.1. The normalized spacial score (nSPS) is 14.1. The van der Waals surface area contributed by atoms with E-state index in [2.05, 4.69) is 53.5 Å². The van der Waals surface area contributed by atoms with Crippen LogP contribution in [0, 0.1) is 27.7 Å². The van der Waals surface area contributed by atoms with Crippen LogP contribution in [0.1, 0.15) is 35.2 Å². The predicted molar refractivity (Wildman–Crippen MR) is 87.3 cm³/mol. The maximum atomic E-state index is 4.58. The molecule has 0 unspecified atom stereocenters. The maximum Gasteiger partial charge on any atom is 0.225 e. The molecule has 2 aromatic rings. The van der Waals surface area contributed by atoms with E-state index < -0.39 is 0 Å². The summed E-state index contributed by atoms with van der Waals surface area (Å²) in [5.74, 6) is 1.57. The molecule has 0 saturated heterocycles. The summed E-state index contributed by atoms with van der Waals surface area (Å²) in [6, 6.07) is 6.92. The summed E-state index contributed by atoms with van der Waals surface area (Å²) in [5.41, 5.74) is 5.86. The van der Waals surface area contributed by atoms with Crippen molar-refractivity contribution in [2.75, 3.05) is 10.6 Å². The lowest BCUT2D eigenvalue weighted by Crippen LogP contribution is -2.08. The fraction of sp³-hybridized carbons (Fsp3) is 0.412. The molecule has 0 amide bonds. The highest BCUT2D eigenvalue weighted by Crippen LogP contribution is 2.27. The van der Waals surface area contributed by atoms with E-state index in [0.29, 0.717) is 6.04 Å². The molecule has 1 saturated carbocycles. The first-order valence-corrected chi connectivity index (χ1v) is 7.48. The zero-order valence-electron chi connectivity index (χ0n) is 13.1. The van der Waals surface area contributed by atoms with E-state index >= 15 is 0 Å². The van der Waals surface area contributed by atoms with Gasteiger partial charge in [0.25, 0.3) is 0 Å². The van der Waals surface area contributed by atoms with Gasteiger partial charge in [0.2, 0.25) is 5.95 Å². The van der Waals surface area contributed by atoms with Gasteiger partial charge in [-0.25, -0.2) is 4.98 Å². The molecule has 1 aromatic carbocycles. The van der Waals surface area contributed by atoms with Crippen molar-refractivity contribution in [2.24, 2.45) is 0 Å². The average molecular weight is 282 g/mol. The summed E-state index contributed by atoms with van der Waals surface area (Å²) >= 11 is 0. The molecule has 4 nitrogen and oxygen atoms in total. The van der Waals surface area contributed by atoms with Gasteiger partial charge in [0.15, 0.2) is 0 Å². The molecule has 1 heterocycles. The van der Waals surface area contributed by atoms with Crippen molar-refractivity contribution in [3.8, 4) is 0 Å². The van der Waals surface area contributed by atoms with Crippen LogP contribution in [0.2, 0.25) is 0 Å². The lowest BCUT2D eigenvalue weighted by atomic mass is 10.1. The summed E-state index contributed by atoms with van der Waals surface area (Å²) in [6.07, 6.45) is 2.44. The third-order valence-corrected chi connectivity index (χ3v) is 3.69. The lowest BCUT2D eigenvalue weighted by molar-refractivity contribution is 1.03. The average Bonchev–Trinajstić information content (AvgIpc) is 3.17. The fourth-order valence-electron chi connectivity index (χ4n) is 2.61. The number of aromatic nitrogens is 2. The van der Waals surface area contributed by atoms with E-state index in [9.17, 15) is 0 Å². The molecule has 1 aliphatic rings. The molecule has 1 aromatic heterocycles. The van der Waals surface area contributed by atoms with Gasteiger partial charge in [-0.1, -0.05) is 17.7 Å². The number of nitrogens with zero attached hydrogens (tertiary/aromatic N) is 2. The molecule has 1 fully saturated rings. The van der Waals surface area contributed by atoms with Crippen molar-refractivity contribution in [3.05, 3.63) is 40.6 Å². The summed E-state index contributed by atoms with van der Waals surface area (Å²) < 4.78 is 0. The number of anilines is 3. The second-order valence-corrected chi connectivity index (χ2v) is 6.04. The molecule has 0 atom stereocenters. The molecule has 2 N–H and O–H groups in total. The largest absolute Gasteiger partial charge is 0.351 e. The van der Waals surface area contributed by atoms with Crippen molar-refractivity contribution < 1.29 is 0 Å². The Morgan fingerprint density at radius 2 is 1.62 bits per heavy atom. The Balaban J connectivity index is 1.88. The molecular weight excluding hydrogens is 260 g/mol. The molecule has 3 rings (SSSR count). The Morgan fingerprint density at radius 1 is 0.952 bits per heavy atom. The van der Waals surface area contributed by atoms with Crippen LogP contribution in [0.3, 0.4) is 0 Å². The third kappa shape index (κ3) is 3.32. The Bertz CT molecular complexity index is 651. The third-order valence-electron chi connectivity index (χ3n) is 3.69. The van der Waals surface area contributed by atoms with Crippen LogP contribution in [0.4, 0.5) is 17.5 Å². The van der Waals surface area contributed by atoms with E-state index in [1.165, 1.54) is 29.5 Å². The molecule has 0 aliphatic heterocycles. The predicted octanol–water partition coefficient (Wildman–Crippen LogP) is 4.03. The minimum atomic E-state index is 0.558. The van der Waals surface area contributed by atoms with Crippen LogP contribution in [-0.2, 0) is 0 Å². The molecule has 4 heteroatoms. The Labute approximate surface area is 126 Å². The van der Waals surface area contributed by atoms with Gasteiger partial charge in [-0.2, -0.15) is 4.98 Å². The number of nitrogens with one attached hydrogen (secondary N) is 2. The maximum absolute atomic E-state index is 4.58. The second kappa shape index (κ2) is 5.35. The Kier molecular flexibility index (Phi) is 3.53. The number of rotatable bonds is 4. The van der Waals surface area contributed by atoms with E-state index in [1.54, 1.807) is 0 Å². The molecule has 0 radical (unpaired) electrons. The zero-order chi connectivity index (χ0) is 15.0. The van der Waals surface area contributed by atoms with Gasteiger partial charge in [-0.15, -0.1) is 0 Å². The molecule has 1 aliphatic carbocycles. The first-order chi connectivity index (χ1) is 10.0. The Hall–Kier alpha value is -2.10. The summed E-state index contributed by atoms with van der Waals surface area (Å²) in [7, 11) is 0. The van der Waals surface area contributed by atoms with E-state index in [-0.39, 0.29) is 0 Å². The van der Waals surface area contributed by atoms with Gasteiger partial charge < -0.3 is 10.6 Å². The number of hydrogen-bond donors (Lipinski definition) is 2. The molecular formula is C17H22N4. The van der Waals surface area contributed by atoms with E-state index in [4.69, 9.17) is 0 Å². The summed E-state index contributed by atoms with van der Waals surface area (Å²) in [4.78, 5) is 9.03. The first-order valence-electron chi connectivity index (χ1n) is 7.48. The van der Waals surface area contributed by atoms with Crippen molar-refractivity contribution in [2.45, 2.75) is 46.6 Å². The van der Waals surface area contributed by atoms with Crippen LogP contribution in [0.5, 0.6) is 0 Å². The summed E-state index contributed by atoms with van der Waals surface area (Å²) in [5, 5.41) is 6.81. The molecule has 0 bridgehead atoms. The second-order valence-electron chi connectivity index (χ2n) is 6.04. The van der Waals surface area contributed by atoms with Gasteiger partial charge in [0.05, 0.1) is 0 Å².